The van der Waals surface area contributed by atoms with Crippen LogP contribution in [0.15, 0.2) is 39.1 Å². The maximum absolute atomic E-state index is 13.5. The molecule has 8 heteroatoms. The number of aliphatic hydroxyl groups is 1. The zero-order valence-corrected chi connectivity index (χ0v) is 19.7. The zero-order valence-electron chi connectivity index (χ0n) is 19.7. The Bertz CT molecular complexity index is 1370. The van der Waals surface area contributed by atoms with Gasteiger partial charge < -0.3 is 34.3 Å². The Morgan fingerprint density at radius 1 is 1.21 bits per heavy atom. The molecule has 0 aliphatic carbocycles. The molecule has 180 valence electrons. The number of hydrogen-bond donors (Lipinski definition) is 4. The van der Waals surface area contributed by atoms with Crippen molar-refractivity contribution in [3.8, 4) is 40.1 Å². The average molecular weight is 469 g/mol. The number of methoxy groups -OCH3 is 1. The summed E-state index contributed by atoms with van der Waals surface area (Å²) < 4.78 is 17.6. The minimum absolute atomic E-state index is 0.0284. The van der Waals surface area contributed by atoms with Crippen LogP contribution < -0.4 is 14.9 Å². The third-order valence-corrected chi connectivity index (χ3v) is 6.01. The molecule has 0 radical (unpaired) electrons. The molecule has 1 aliphatic rings. The Balaban J connectivity index is 2.08. The van der Waals surface area contributed by atoms with Gasteiger partial charge in [-0.15, -0.1) is 0 Å². The second kappa shape index (κ2) is 8.29. The van der Waals surface area contributed by atoms with Crippen molar-refractivity contribution in [3.05, 3.63) is 51.2 Å². The molecule has 3 aromatic rings. The van der Waals surface area contributed by atoms with Crippen LogP contribution >= 0.6 is 0 Å². The van der Waals surface area contributed by atoms with Crippen LogP contribution in [-0.2, 0) is 12.8 Å². The first-order valence-electron chi connectivity index (χ1n) is 10.9. The topological polar surface area (TPSA) is 130 Å². The zero-order chi connectivity index (χ0) is 24.9. The lowest BCUT2D eigenvalue weighted by atomic mass is 9.94. The van der Waals surface area contributed by atoms with Gasteiger partial charge in [-0.25, -0.2) is 0 Å². The summed E-state index contributed by atoms with van der Waals surface area (Å²) in [5, 5.41) is 41.4. The van der Waals surface area contributed by atoms with E-state index in [0.717, 1.165) is 5.57 Å². The van der Waals surface area contributed by atoms with Crippen LogP contribution in [0.3, 0.4) is 0 Å². The fourth-order valence-electron chi connectivity index (χ4n) is 4.12. The number of fused-ring (bicyclic) bond motifs is 3. The van der Waals surface area contributed by atoms with Gasteiger partial charge in [0.25, 0.3) is 0 Å². The van der Waals surface area contributed by atoms with Gasteiger partial charge in [-0.3, -0.25) is 4.79 Å². The number of rotatable bonds is 5. The second-order valence-corrected chi connectivity index (χ2v) is 9.29. The van der Waals surface area contributed by atoms with Crippen molar-refractivity contribution in [3.63, 3.8) is 0 Å². The number of phenols is 3. The molecule has 2 heterocycles. The number of phenolic OH excluding ortho intramolecular Hbond substituents is 3. The van der Waals surface area contributed by atoms with E-state index in [1.165, 1.54) is 25.3 Å². The van der Waals surface area contributed by atoms with Crippen molar-refractivity contribution in [2.45, 2.75) is 52.2 Å². The molecule has 0 saturated heterocycles. The lowest BCUT2D eigenvalue weighted by Crippen LogP contribution is -2.39. The van der Waals surface area contributed by atoms with Crippen LogP contribution in [0, 0.1) is 0 Å². The normalized spacial score (nSPS) is 15.2. The standard InChI is InChI=1S/C26H28O8/c1-12(2)6-8-14-20(29)19-21(30)25(32-5)22(13-7-9-16(27)17(28)10-13)34-24(19)15-11-18(26(3,4)31)33-23(14)15/h6-7,9-10,18,27-29,31H,8,11H2,1-5H3. The summed E-state index contributed by atoms with van der Waals surface area (Å²) in [7, 11) is 1.31. The first-order valence-corrected chi connectivity index (χ1v) is 10.9. The summed E-state index contributed by atoms with van der Waals surface area (Å²) in [6.45, 7) is 7.11. The van der Waals surface area contributed by atoms with Crippen LogP contribution in [0.25, 0.3) is 22.3 Å². The van der Waals surface area contributed by atoms with Gasteiger partial charge in [0.1, 0.15) is 28.6 Å². The molecule has 4 N–H and O–H groups in total. The molecular weight excluding hydrogens is 440 g/mol. The SMILES string of the molecule is COc1c(-c2ccc(O)c(O)c2)oc2c3c(c(CC=C(C)C)c(O)c2c1=O)OC(C(C)(C)O)C3. The fraction of sp³-hybridized carbons (Fsp3) is 0.346. The van der Waals surface area contributed by atoms with Crippen LogP contribution in [0.2, 0.25) is 0 Å². The molecule has 0 fully saturated rings. The Kier molecular flexibility index (Phi) is 5.73. The van der Waals surface area contributed by atoms with E-state index >= 15 is 0 Å². The number of hydrogen-bond acceptors (Lipinski definition) is 8. The Morgan fingerprint density at radius 3 is 2.50 bits per heavy atom. The van der Waals surface area contributed by atoms with Crippen molar-refractivity contribution in [1.29, 1.82) is 0 Å². The van der Waals surface area contributed by atoms with E-state index in [-0.39, 0.29) is 40.4 Å². The van der Waals surface area contributed by atoms with Crippen LogP contribution in [-0.4, -0.2) is 39.2 Å². The molecule has 0 bridgehead atoms. The molecule has 2 aromatic carbocycles. The molecular formula is C26H28O8. The van der Waals surface area contributed by atoms with Gasteiger partial charge in [-0.2, -0.15) is 0 Å². The van der Waals surface area contributed by atoms with E-state index in [2.05, 4.69) is 0 Å². The van der Waals surface area contributed by atoms with Gasteiger partial charge in [0.2, 0.25) is 11.2 Å². The minimum Gasteiger partial charge on any atom is -0.507 e. The molecule has 0 amide bonds. The summed E-state index contributed by atoms with van der Waals surface area (Å²) in [4.78, 5) is 13.5. The third-order valence-electron chi connectivity index (χ3n) is 6.01. The van der Waals surface area contributed by atoms with E-state index in [9.17, 15) is 25.2 Å². The van der Waals surface area contributed by atoms with E-state index in [4.69, 9.17) is 13.9 Å². The maximum Gasteiger partial charge on any atom is 0.239 e. The summed E-state index contributed by atoms with van der Waals surface area (Å²) >= 11 is 0. The van der Waals surface area contributed by atoms with E-state index < -0.39 is 22.9 Å². The molecule has 1 aliphatic heterocycles. The summed E-state index contributed by atoms with van der Waals surface area (Å²) in [6, 6.07) is 3.99. The van der Waals surface area contributed by atoms with Gasteiger partial charge in [0, 0.05) is 23.1 Å². The van der Waals surface area contributed by atoms with Crippen molar-refractivity contribution < 1.29 is 34.3 Å². The van der Waals surface area contributed by atoms with Crippen LogP contribution in [0.5, 0.6) is 28.7 Å². The van der Waals surface area contributed by atoms with Crippen molar-refractivity contribution >= 4 is 11.0 Å². The summed E-state index contributed by atoms with van der Waals surface area (Å²) in [5.74, 6) is -0.732. The summed E-state index contributed by atoms with van der Waals surface area (Å²) in [6.07, 6.45) is 1.87. The fourth-order valence-corrected chi connectivity index (χ4v) is 4.12. The number of benzene rings is 2. The predicted octanol–water partition coefficient (Wildman–Crippen LogP) is 4.17. The molecule has 0 spiro atoms. The first-order chi connectivity index (χ1) is 15.9. The third kappa shape index (κ3) is 3.84. The highest BCUT2D eigenvalue weighted by atomic mass is 16.5. The predicted molar refractivity (Wildman–Crippen MR) is 127 cm³/mol. The molecule has 34 heavy (non-hydrogen) atoms. The smallest absolute Gasteiger partial charge is 0.239 e. The molecule has 0 saturated carbocycles. The highest BCUT2D eigenvalue weighted by molar-refractivity contribution is 5.93. The Morgan fingerprint density at radius 2 is 1.91 bits per heavy atom. The van der Waals surface area contributed by atoms with E-state index in [0.29, 0.717) is 28.9 Å². The maximum atomic E-state index is 13.5. The quantitative estimate of drug-likeness (QED) is 0.324. The second-order valence-electron chi connectivity index (χ2n) is 9.29. The van der Waals surface area contributed by atoms with Gasteiger partial charge in [-0.05, 0) is 52.3 Å². The Hall–Kier alpha value is -3.65. The Labute approximate surface area is 196 Å². The van der Waals surface area contributed by atoms with Gasteiger partial charge >= 0.3 is 0 Å². The number of ether oxygens (including phenoxy) is 2. The molecule has 1 aromatic heterocycles. The van der Waals surface area contributed by atoms with Crippen molar-refractivity contribution in [2.24, 2.45) is 0 Å². The van der Waals surface area contributed by atoms with Crippen LogP contribution in [0.1, 0.15) is 38.8 Å². The highest BCUT2D eigenvalue weighted by Gasteiger charge is 2.40. The van der Waals surface area contributed by atoms with Gasteiger partial charge in [0.15, 0.2) is 17.3 Å². The van der Waals surface area contributed by atoms with E-state index in [1.54, 1.807) is 13.8 Å². The average Bonchev–Trinajstić information content (AvgIpc) is 3.21. The largest absolute Gasteiger partial charge is 0.507 e. The van der Waals surface area contributed by atoms with Crippen LogP contribution in [0.4, 0.5) is 0 Å². The highest BCUT2D eigenvalue weighted by Crippen LogP contribution is 2.47. The van der Waals surface area contributed by atoms with Crippen molar-refractivity contribution in [1.82, 2.24) is 0 Å². The molecule has 4 rings (SSSR count). The first kappa shape index (κ1) is 23.5. The lowest BCUT2D eigenvalue weighted by molar-refractivity contribution is -0.0232. The van der Waals surface area contributed by atoms with Gasteiger partial charge in [0.05, 0.1) is 12.7 Å². The van der Waals surface area contributed by atoms with Gasteiger partial charge in [-0.1, -0.05) is 11.6 Å². The minimum atomic E-state index is -1.19. The van der Waals surface area contributed by atoms with Crippen molar-refractivity contribution in [2.75, 3.05) is 7.11 Å². The molecule has 1 atom stereocenters. The summed E-state index contributed by atoms with van der Waals surface area (Å²) in [5.41, 5.74) is 0.655. The molecule has 8 nitrogen and oxygen atoms in total. The lowest BCUT2D eigenvalue weighted by Gasteiger charge is -2.24. The number of aromatic hydroxyl groups is 3. The van der Waals surface area contributed by atoms with E-state index in [1.807, 2.05) is 19.9 Å². The number of allylic oxidation sites excluding steroid dienone is 2. The molecule has 1 unspecified atom stereocenters. The monoisotopic (exact) mass is 468 g/mol.